The number of hydrogen-bond donors (Lipinski definition) is 1. The molecule has 5 nitrogen and oxygen atoms in total. The van der Waals surface area contributed by atoms with Crippen molar-refractivity contribution in [2.75, 3.05) is 36.5 Å². The van der Waals surface area contributed by atoms with Gasteiger partial charge in [-0.2, -0.15) is 5.26 Å². The molecule has 0 amide bonds. The molecule has 27 heavy (non-hydrogen) atoms. The molecule has 2 heterocycles. The maximum absolute atomic E-state index is 14.6. The van der Waals surface area contributed by atoms with Gasteiger partial charge in [0.2, 0.25) is 0 Å². The van der Waals surface area contributed by atoms with Gasteiger partial charge in [0, 0.05) is 31.2 Å². The number of pyridine rings is 1. The fraction of sp³-hybridized carbons (Fsp3) is 0.238. The van der Waals surface area contributed by atoms with E-state index in [0.717, 1.165) is 22.2 Å². The average molecular weight is 362 g/mol. The summed E-state index contributed by atoms with van der Waals surface area (Å²) in [4.78, 5) is 6.31. The summed E-state index contributed by atoms with van der Waals surface area (Å²) in [5.74, 6) is -0.240. The number of anilines is 2. The maximum atomic E-state index is 14.6. The third kappa shape index (κ3) is 3.55. The molecule has 136 valence electrons. The zero-order chi connectivity index (χ0) is 18.6. The van der Waals surface area contributed by atoms with E-state index in [1.807, 2.05) is 41.3 Å². The van der Waals surface area contributed by atoms with Crippen molar-refractivity contribution in [1.82, 2.24) is 4.98 Å². The van der Waals surface area contributed by atoms with Crippen molar-refractivity contribution >= 4 is 22.3 Å². The summed E-state index contributed by atoms with van der Waals surface area (Å²) >= 11 is 0. The minimum Gasteiger partial charge on any atom is -0.379 e. The summed E-state index contributed by atoms with van der Waals surface area (Å²) in [5.41, 5.74) is 3.43. The van der Waals surface area contributed by atoms with Crippen LogP contribution in [0.25, 0.3) is 10.9 Å². The zero-order valence-corrected chi connectivity index (χ0v) is 14.8. The fourth-order valence-corrected chi connectivity index (χ4v) is 3.33. The Morgan fingerprint density at radius 3 is 2.78 bits per heavy atom. The molecule has 1 saturated heterocycles. The molecule has 1 aromatic heterocycles. The second kappa shape index (κ2) is 7.60. The van der Waals surface area contributed by atoms with E-state index in [-0.39, 0.29) is 5.82 Å². The highest BCUT2D eigenvalue weighted by Gasteiger charge is 2.15. The van der Waals surface area contributed by atoms with Crippen LogP contribution in [0.15, 0.2) is 48.7 Å². The van der Waals surface area contributed by atoms with Gasteiger partial charge in [0.1, 0.15) is 11.9 Å². The minimum absolute atomic E-state index is 0.240. The van der Waals surface area contributed by atoms with Gasteiger partial charge in [-0.1, -0.05) is 24.3 Å². The van der Waals surface area contributed by atoms with Gasteiger partial charge in [0.05, 0.1) is 35.7 Å². The number of halogens is 1. The summed E-state index contributed by atoms with van der Waals surface area (Å²) in [6, 6.07) is 15.1. The Bertz CT molecular complexity index is 1010. The van der Waals surface area contributed by atoms with Crippen LogP contribution in [0, 0.1) is 17.1 Å². The number of hydrogen-bond acceptors (Lipinski definition) is 5. The number of nitrogens with zero attached hydrogens (tertiary/aromatic N) is 3. The van der Waals surface area contributed by atoms with Gasteiger partial charge in [-0.25, -0.2) is 4.39 Å². The Hall–Kier alpha value is -3.17. The number of aromatic nitrogens is 1. The Morgan fingerprint density at radius 2 is 2.00 bits per heavy atom. The van der Waals surface area contributed by atoms with E-state index < -0.39 is 0 Å². The Kier molecular flexibility index (Phi) is 4.86. The second-order valence-electron chi connectivity index (χ2n) is 6.41. The lowest BCUT2D eigenvalue weighted by Crippen LogP contribution is -2.36. The highest BCUT2D eigenvalue weighted by atomic mass is 19.1. The van der Waals surface area contributed by atoms with Gasteiger partial charge >= 0.3 is 0 Å². The Labute approximate surface area is 157 Å². The van der Waals surface area contributed by atoms with Crippen molar-refractivity contribution in [3.05, 3.63) is 65.6 Å². The monoisotopic (exact) mass is 362 g/mol. The van der Waals surface area contributed by atoms with Crippen LogP contribution in [0.1, 0.15) is 11.1 Å². The molecule has 1 fully saturated rings. The van der Waals surface area contributed by atoms with Crippen LogP contribution in [0.3, 0.4) is 0 Å². The first kappa shape index (κ1) is 17.3. The molecule has 1 N–H and O–H groups in total. The molecule has 4 rings (SSSR count). The molecule has 0 aliphatic carbocycles. The smallest absolute Gasteiger partial charge is 0.146 e. The molecule has 0 unspecified atom stereocenters. The molecule has 3 aromatic rings. The number of fused-ring (bicyclic) bond motifs is 1. The lowest BCUT2D eigenvalue weighted by molar-refractivity contribution is 0.122. The van der Waals surface area contributed by atoms with E-state index in [1.54, 1.807) is 12.3 Å². The molecular formula is C21H19FN4O. The van der Waals surface area contributed by atoms with Crippen molar-refractivity contribution in [2.24, 2.45) is 0 Å². The summed E-state index contributed by atoms with van der Waals surface area (Å²) in [5, 5.41) is 13.6. The number of para-hydroxylation sites is 1. The second-order valence-corrected chi connectivity index (χ2v) is 6.41. The zero-order valence-electron chi connectivity index (χ0n) is 14.8. The van der Waals surface area contributed by atoms with Crippen LogP contribution in [0.4, 0.5) is 15.8 Å². The van der Waals surface area contributed by atoms with Gasteiger partial charge in [0.25, 0.3) is 0 Å². The molecular weight excluding hydrogens is 343 g/mol. The lowest BCUT2D eigenvalue weighted by atomic mass is 10.1. The quantitative estimate of drug-likeness (QED) is 0.767. The fourth-order valence-electron chi connectivity index (χ4n) is 3.33. The summed E-state index contributed by atoms with van der Waals surface area (Å²) in [6.45, 7) is 3.05. The highest BCUT2D eigenvalue weighted by molar-refractivity contribution is 5.93. The largest absolute Gasteiger partial charge is 0.379 e. The van der Waals surface area contributed by atoms with Gasteiger partial charge in [0.15, 0.2) is 0 Å². The van der Waals surface area contributed by atoms with Crippen LogP contribution in [-0.4, -0.2) is 31.3 Å². The number of benzene rings is 2. The maximum Gasteiger partial charge on any atom is 0.146 e. The van der Waals surface area contributed by atoms with Crippen LogP contribution in [-0.2, 0) is 11.3 Å². The summed E-state index contributed by atoms with van der Waals surface area (Å²) in [6.07, 6.45) is 1.56. The predicted molar refractivity (Wildman–Crippen MR) is 103 cm³/mol. The molecule has 0 atom stereocenters. The first-order valence-corrected chi connectivity index (χ1v) is 8.89. The van der Waals surface area contributed by atoms with E-state index in [4.69, 9.17) is 4.74 Å². The van der Waals surface area contributed by atoms with Crippen molar-refractivity contribution in [3.8, 4) is 6.07 Å². The number of ether oxygens (including phenoxy) is 1. The topological polar surface area (TPSA) is 61.2 Å². The van der Waals surface area contributed by atoms with Crippen molar-refractivity contribution in [1.29, 1.82) is 5.26 Å². The molecule has 0 radical (unpaired) electrons. The number of morpholine rings is 1. The Morgan fingerprint density at radius 1 is 1.19 bits per heavy atom. The summed E-state index contributed by atoms with van der Waals surface area (Å²) < 4.78 is 19.9. The first-order chi connectivity index (χ1) is 13.3. The molecule has 0 saturated carbocycles. The van der Waals surface area contributed by atoms with Gasteiger partial charge < -0.3 is 15.0 Å². The summed E-state index contributed by atoms with van der Waals surface area (Å²) in [7, 11) is 0. The third-order valence-electron chi connectivity index (χ3n) is 4.73. The van der Waals surface area contributed by atoms with Crippen molar-refractivity contribution < 1.29 is 9.13 Å². The molecule has 0 spiro atoms. The first-order valence-electron chi connectivity index (χ1n) is 8.89. The van der Waals surface area contributed by atoms with E-state index in [0.29, 0.717) is 44.1 Å². The lowest BCUT2D eigenvalue weighted by Gasteiger charge is -2.29. The third-order valence-corrected chi connectivity index (χ3v) is 4.73. The van der Waals surface area contributed by atoms with Crippen LogP contribution in [0.2, 0.25) is 0 Å². The number of nitrogens with one attached hydrogen (secondary N) is 1. The van der Waals surface area contributed by atoms with Gasteiger partial charge in [-0.05, 0) is 23.8 Å². The van der Waals surface area contributed by atoms with E-state index in [9.17, 15) is 9.65 Å². The molecule has 1 aliphatic heterocycles. The van der Waals surface area contributed by atoms with E-state index in [1.165, 1.54) is 0 Å². The molecule has 6 heteroatoms. The number of rotatable bonds is 4. The van der Waals surface area contributed by atoms with Crippen LogP contribution >= 0.6 is 0 Å². The van der Waals surface area contributed by atoms with Gasteiger partial charge in [-0.15, -0.1) is 0 Å². The number of nitriles is 1. The van der Waals surface area contributed by atoms with E-state index in [2.05, 4.69) is 16.4 Å². The predicted octanol–water partition coefficient (Wildman–Crippen LogP) is 3.69. The molecule has 2 aromatic carbocycles. The van der Waals surface area contributed by atoms with Crippen molar-refractivity contribution in [2.45, 2.75) is 6.54 Å². The normalized spacial score (nSPS) is 14.1. The van der Waals surface area contributed by atoms with Gasteiger partial charge in [-0.3, -0.25) is 4.98 Å². The SMILES string of the molecule is N#Cc1cnc2ccccc2c1NCc1ccc(N2CCOCC2)c(F)c1. The Balaban J connectivity index is 1.56. The van der Waals surface area contributed by atoms with Crippen LogP contribution in [0.5, 0.6) is 0 Å². The van der Waals surface area contributed by atoms with Crippen molar-refractivity contribution in [3.63, 3.8) is 0 Å². The molecule has 0 bridgehead atoms. The van der Waals surface area contributed by atoms with E-state index >= 15 is 0 Å². The standard InChI is InChI=1S/C21H19FN4O/c22-18-11-15(5-6-20(18)26-7-9-27-10-8-26)13-25-21-16(12-23)14-24-19-4-2-1-3-17(19)21/h1-6,11,14H,7-10,13H2,(H,24,25). The van der Waals surface area contributed by atoms with Crippen LogP contribution < -0.4 is 10.2 Å². The average Bonchev–Trinajstić information content (AvgIpc) is 2.72. The highest BCUT2D eigenvalue weighted by Crippen LogP contribution is 2.27. The minimum atomic E-state index is -0.240. The molecule has 1 aliphatic rings.